The van der Waals surface area contributed by atoms with Gasteiger partial charge in [-0.1, -0.05) is 13.3 Å². The number of amides is 1. The topological polar surface area (TPSA) is 77.6 Å². The smallest absolute Gasteiger partial charge is 0.255 e. The first-order valence-corrected chi connectivity index (χ1v) is 9.69. The Morgan fingerprint density at radius 3 is 2.79 bits per heavy atom. The number of benzene rings is 1. The second-order valence-electron chi connectivity index (χ2n) is 6.92. The van der Waals surface area contributed by atoms with E-state index in [1.807, 2.05) is 6.92 Å². The molecule has 0 radical (unpaired) electrons. The fourth-order valence-corrected chi connectivity index (χ4v) is 3.64. The maximum atomic E-state index is 13.2. The lowest BCUT2D eigenvalue weighted by molar-refractivity contribution is 0.0948. The van der Waals surface area contributed by atoms with E-state index in [0.717, 1.165) is 48.8 Å². The molecule has 1 aliphatic rings. The van der Waals surface area contributed by atoms with Crippen molar-refractivity contribution < 1.29 is 9.18 Å². The van der Waals surface area contributed by atoms with Crippen molar-refractivity contribution in [3.63, 3.8) is 0 Å². The molecular formula is C20H23FN6O. The van der Waals surface area contributed by atoms with Crippen LogP contribution in [0.2, 0.25) is 0 Å². The van der Waals surface area contributed by atoms with E-state index < -0.39 is 0 Å². The van der Waals surface area contributed by atoms with E-state index in [2.05, 4.69) is 25.2 Å². The predicted molar refractivity (Wildman–Crippen MR) is 102 cm³/mol. The van der Waals surface area contributed by atoms with Crippen LogP contribution in [0.3, 0.4) is 0 Å². The second-order valence-corrected chi connectivity index (χ2v) is 6.92. The number of nitrogens with one attached hydrogen (secondary N) is 1. The van der Waals surface area contributed by atoms with Gasteiger partial charge in [0.25, 0.3) is 5.91 Å². The average Bonchev–Trinajstić information content (AvgIpc) is 3.23. The SMILES string of the molecule is CCc1c(C(=O)NCc2nnc3n2CCCCC3)cnn1-c1ccc(F)cc1. The number of nitrogens with zero attached hydrogens (tertiary/aromatic N) is 5. The normalized spacial score (nSPS) is 13.8. The van der Waals surface area contributed by atoms with Crippen molar-refractivity contribution >= 4 is 5.91 Å². The lowest BCUT2D eigenvalue weighted by Gasteiger charge is -2.10. The maximum Gasteiger partial charge on any atom is 0.255 e. The highest BCUT2D eigenvalue weighted by molar-refractivity contribution is 5.95. The molecule has 146 valence electrons. The first-order chi connectivity index (χ1) is 13.7. The molecule has 0 aliphatic carbocycles. The van der Waals surface area contributed by atoms with Crippen LogP contribution in [0.25, 0.3) is 5.69 Å². The highest BCUT2D eigenvalue weighted by Crippen LogP contribution is 2.17. The molecule has 4 rings (SSSR count). The number of hydrogen-bond donors (Lipinski definition) is 1. The first-order valence-electron chi connectivity index (χ1n) is 9.69. The molecule has 0 unspecified atom stereocenters. The third-order valence-corrected chi connectivity index (χ3v) is 5.11. The third kappa shape index (κ3) is 3.54. The van der Waals surface area contributed by atoms with Crippen LogP contribution < -0.4 is 5.32 Å². The van der Waals surface area contributed by atoms with Crippen LogP contribution in [0.1, 0.15) is 53.9 Å². The Labute approximate surface area is 162 Å². The molecule has 0 atom stereocenters. The number of aromatic nitrogens is 5. The number of aryl methyl sites for hydroxylation is 1. The van der Waals surface area contributed by atoms with Crippen molar-refractivity contribution in [1.29, 1.82) is 0 Å². The number of carbonyl (C=O) groups is 1. The second kappa shape index (κ2) is 7.92. The average molecular weight is 382 g/mol. The Morgan fingerprint density at radius 2 is 2.00 bits per heavy atom. The quantitative estimate of drug-likeness (QED) is 0.736. The lowest BCUT2D eigenvalue weighted by atomic mass is 10.2. The van der Waals surface area contributed by atoms with Gasteiger partial charge >= 0.3 is 0 Å². The van der Waals surface area contributed by atoms with Gasteiger partial charge in [-0.25, -0.2) is 9.07 Å². The largest absolute Gasteiger partial charge is 0.345 e. The van der Waals surface area contributed by atoms with E-state index in [1.165, 1.54) is 18.6 Å². The molecule has 1 N–H and O–H groups in total. The number of hydrogen-bond acceptors (Lipinski definition) is 4. The monoisotopic (exact) mass is 382 g/mol. The van der Waals surface area contributed by atoms with Gasteiger partial charge in [-0.2, -0.15) is 5.10 Å². The predicted octanol–water partition coefficient (Wildman–Crippen LogP) is 2.82. The molecule has 1 aliphatic heterocycles. The standard InChI is InChI=1S/C20H23FN6O/c1-2-17-16(12-23-27(17)15-9-7-14(21)8-10-15)20(28)22-13-19-25-24-18-6-4-3-5-11-26(18)19/h7-10,12H,2-6,11,13H2,1H3,(H,22,28). The molecule has 0 saturated carbocycles. The summed E-state index contributed by atoms with van der Waals surface area (Å²) < 4.78 is 17.0. The van der Waals surface area contributed by atoms with Crippen molar-refractivity contribution in [2.24, 2.45) is 0 Å². The minimum Gasteiger partial charge on any atom is -0.345 e. The Balaban J connectivity index is 1.51. The lowest BCUT2D eigenvalue weighted by Crippen LogP contribution is -2.25. The van der Waals surface area contributed by atoms with Crippen LogP contribution >= 0.6 is 0 Å². The molecule has 2 aromatic heterocycles. The first kappa shape index (κ1) is 18.3. The van der Waals surface area contributed by atoms with Crippen LogP contribution in [-0.4, -0.2) is 30.5 Å². The van der Waals surface area contributed by atoms with Crippen LogP contribution in [0.5, 0.6) is 0 Å². The van der Waals surface area contributed by atoms with Gasteiger partial charge in [0.15, 0.2) is 5.82 Å². The van der Waals surface area contributed by atoms with Gasteiger partial charge in [0, 0.05) is 13.0 Å². The molecule has 0 spiro atoms. The summed E-state index contributed by atoms with van der Waals surface area (Å²) in [7, 11) is 0. The zero-order valence-electron chi connectivity index (χ0n) is 15.9. The zero-order chi connectivity index (χ0) is 19.5. The van der Waals surface area contributed by atoms with Crippen molar-refractivity contribution in [2.75, 3.05) is 0 Å². The van der Waals surface area contributed by atoms with Crippen molar-refractivity contribution in [2.45, 2.75) is 52.1 Å². The molecule has 0 bridgehead atoms. The molecule has 8 heteroatoms. The Kier molecular flexibility index (Phi) is 5.18. The van der Waals surface area contributed by atoms with E-state index in [4.69, 9.17) is 0 Å². The Hall–Kier alpha value is -3.03. The summed E-state index contributed by atoms with van der Waals surface area (Å²) in [6.07, 6.45) is 6.55. The van der Waals surface area contributed by atoms with Gasteiger partial charge in [0.2, 0.25) is 0 Å². The van der Waals surface area contributed by atoms with Gasteiger partial charge in [0.05, 0.1) is 29.7 Å². The highest BCUT2D eigenvalue weighted by atomic mass is 19.1. The molecule has 7 nitrogen and oxygen atoms in total. The fourth-order valence-electron chi connectivity index (χ4n) is 3.64. The summed E-state index contributed by atoms with van der Waals surface area (Å²) in [5, 5.41) is 15.8. The molecular weight excluding hydrogens is 359 g/mol. The minimum atomic E-state index is -0.306. The number of halogens is 1. The molecule has 3 aromatic rings. The van der Waals surface area contributed by atoms with E-state index in [-0.39, 0.29) is 11.7 Å². The van der Waals surface area contributed by atoms with Gasteiger partial charge in [-0.15, -0.1) is 10.2 Å². The molecule has 1 aromatic carbocycles. The minimum absolute atomic E-state index is 0.198. The Bertz CT molecular complexity index is 975. The number of carbonyl (C=O) groups excluding carboxylic acids is 1. The van der Waals surface area contributed by atoms with Crippen molar-refractivity contribution in [3.8, 4) is 5.69 Å². The molecule has 1 amide bonds. The molecule has 0 fully saturated rings. The number of fused-ring (bicyclic) bond motifs is 1. The van der Waals surface area contributed by atoms with Gasteiger partial charge in [-0.05, 0) is 43.5 Å². The molecule has 3 heterocycles. The molecule has 0 saturated heterocycles. The van der Waals surface area contributed by atoms with E-state index in [1.54, 1.807) is 23.0 Å². The highest BCUT2D eigenvalue weighted by Gasteiger charge is 2.19. The van der Waals surface area contributed by atoms with Crippen LogP contribution in [0.4, 0.5) is 4.39 Å². The van der Waals surface area contributed by atoms with E-state index in [9.17, 15) is 9.18 Å². The number of rotatable bonds is 5. The van der Waals surface area contributed by atoms with Crippen LogP contribution in [-0.2, 0) is 25.9 Å². The molecule has 28 heavy (non-hydrogen) atoms. The summed E-state index contributed by atoms with van der Waals surface area (Å²) in [4.78, 5) is 12.8. The van der Waals surface area contributed by atoms with E-state index in [0.29, 0.717) is 18.5 Å². The maximum absolute atomic E-state index is 13.2. The summed E-state index contributed by atoms with van der Waals surface area (Å²) >= 11 is 0. The van der Waals surface area contributed by atoms with Gasteiger partial charge in [0.1, 0.15) is 11.6 Å². The summed E-state index contributed by atoms with van der Waals surface area (Å²) in [6, 6.07) is 6.06. The summed E-state index contributed by atoms with van der Waals surface area (Å²) in [6.45, 7) is 3.19. The van der Waals surface area contributed by atoms with Gasteiger partial charge < -0.3 is 9.88 Å². The van der Waals surface area contributed by atoms with Gasteiger partial charge in [-0.3, -0.25) is 4.79 Å². The van der Waals surface area contributed by atoms with Crippen molar-refractivity contribution in [3.05, 3.63) is 59.2 Å². The van der Waals surface area contributed by atoms with E-state index >= 15 is 0 Å². The summed E-state index contributed by atoms with van der Waals surface area (Å²) in [5.74, 6) is 1.28. The van der Waals surface area contributed by atoms with Crippen LogP contribution in [0.15, 0.2) is 30.5 Å². The fraction of sp³-hybridized carbons (Fsp3) is 0.400. The van der Waals surface area contributed by atoms with Crippen molar-refractivity contribution in [1.82, 2.24) is 29.9 Å². The van der Waals surface area contributed by atoms with Crippen LogP contribution in [0, 0.1) is 5.82 Å². The Morgan fingerprint density at radius 1 is 1.18 bits per heavy atom. The summed E-state index contributed by atoms with van der Waals surface area (Å²) in [5.41, 5.74) is 2.02. The third-order valence-electron chi connectivity index (χ3n) is 5.11. The zero-order valence-corrected chi connectivity index (χ0v) is 15.9.